The van der Waals surface area contributed by atoms with Gasteiger partial charge in [0.05, 0.1) is 42.7 Å². The number of hydrogen-bond donors (Lipinski definition) is 3. The van der Waals surface area contributed by atoms with Crippen molar-refractivity contribution in [2.24, 2.45) is 0 Å². The number of aromatic nitrogens is 3. The molecule has 3 N–H and O–H groups in total. The van der Waals surface area contributed by atoms with Crippen LogP contribution in [0.25, 0.3) is 22.0 Å². The molecule has 2 saturated carbocycles. The second-order valence-corrected chi connectivity index (χ2v) is 10.6. The minimum Gasteiger partial charge on any atom is -0.480 e. The fraction of sp³-hybridized carbons (Fsp3) is 0.323. The van der Waals surface area contributed by atoms with Gasteiger partial charge in [0.1, 0.15) is 5.78 Å². The lowest BCUT2D eigenvalue weighted by Gasteiger charge is -2.23. The van der Waals surface area contributed by atoms with Crippen molar-refractivity contribution in [3.63, 3.8) is 0 Å². The van der Waals surface area contributed by atoms with Crippen LogP contribution in [0.2, 0.25) is 0 Å². The molecule has 6 rings (SSSR count). The van der Waals surface area contributed by atoms with Gasteiger partial charge in [0.15, 0.2) is 5.75 Å². The number of nitrogens with one attached hydrogen (secondary N) is 2. The predicted octanol–water partition coefficient (Wildman–Crippen LogP) is 5.42. The second-order valence-electron chi connectivity index (χ2n) is 10.6. The number of methoxy groups -OCH3 is 2. The molecular weight excluding hydrogens is 538 g/mol. The molecular formula is C31H31N5O6. The summed E-state index contributed by atoms with van der Waals surface area (Å²) >= 11 is 0. The van der Waals surface area contributed by atoms with Crippen LogP contribution in [-0.4, -0.2) is 52.1 Å². The van der Waals surface area contributed by atoms with Crippen LogP contribution in [0.3, 0.4) is 0 Å². The highest BCUT2D eigenvalue weighted by molar-refractivity contribution is 5.99. The summed E-state index contributed by atoms with van der Waals surface area (Å²) in [5, 5.41) is 14.1. The lowest BCUT2D eigenvalue weighted by Crippen LogP contribution is -2.21. The zero-order chi connectivity index (χ0) is 29.2. The van der Waals surface area contributed by atoms with Gasteiger partial charge in [-0.1, -0.05) is 6.07 Å². The summed E-state index contributed by atoms with van der Waals surface area (Å²) in [6.45, 7) is 0. The van der Waals surface area contributed by atoms with Crippen molar-refractivity contribution in [1.29, 1.82) is 0 Å². The third-order valence-electron chi connectivity index (χ3n) is 7.59. The Kier molecular flexibility index (Phi) is 7.58. The van der Waals surface area contributed by atoms with Crippen LogP contribution in [0.4, 0.5) is 11.4 Å². The predicted molar refractivity (Wildman–Crippen MR) is 156 cm³/mol. The summed E-state index contributed by atoms with van der Waals surface area (Å²) in [5.74, 6) is -0.00119. The number of ketones is 1. The topological polar surface area (TPSA) is 145 Å². The number of rotatable bonds is 10. The van der Waals surface area contributed by atoms with Crippen molar-refractivity contribution in [2.45, 2.75) is 50.5 Å². The Bertz CT molecular complexity index is 1670. The molecule has 4 aromatic rings. The number of anilines is 2. The van der Waals surface area contributed by atoms with Crippen molar-refractivity contribution in [1.82, 2.24) is 20.4 Å². The first-order chi connectivity index (χ1) is 20.4. The smallest absolute Gasteiger partial charge is 0.335 e. The van der Waals surface area contributed by atoms with E-state index in [1.807, 2.05) is 24.3 Å². The van der Waals surface area contributed by atoms with Gasteiger partial charge in [-0.3, -0.25) is 9.78 Å². The molecule has 11 nitrogen and oxygen atoms in total. The normalized spacial score (nSPS) is 16.7. The van der Waals surface area contributed by atoms with Gasteiger partial charge < -0.3 is 24.7 Å². The number of aromatic carboxylic acids is 1. The number of Topliss-reactive ketones (excluding diaryl/α,β-unsaturated/α-hetero) is 1. The van der Waals surface area contributed by atoms with E-state index in [0.29, 0.717) is 46.9 Å². The maximum atomic E-state index is 12.2. The van der Waals surface area contributed by atoms with E-state index in [4.69, 9.17) is 14.3 Å². The quantitative estimate of drug-likeness (QED) is 0.210. The van der Waals surface area contributed by atoms with Gasteiger partial charge in [0, 0.05) is 36.2 Å². The van der Waals surface area contributed by atoms with E-state index in [1.54, 1.807) is 24.5 Å². The molecule has 0 bridgehead atoms. The van der Waals surface area contributed by atoms with Crippen LogP contribution in [0, 0.1) is 0 Å². The van der Waals surface area contributed by atoms with E-state index in [9.17, 15) is 14.7 Å². The number of nitrogens with zero attached hydrogens (tertiary/aromatic N) is 3. The summed E-state index contributed by atoms with van der Waals surface area (Å²) in [5.41, 5.74) is 7.40. The van der Waals surface area contributed by atoms with Crippen molar-refractivity contribution in [3.05, 3.63) is 59.9 Å². The highest BCUT2D eigenvalue weighted by atomic mass is 16.6. The number of benzene rings is 2. The minimum atomic E-state index is -1.03. The van der Waals surface area contributed by atoms with E-state index in [2.05, 4.69) is 25.7 Å². The Morgan fingerprint density at radius 2 is 1.88 bits per heavy atom. The summed E-state index contributed by atoms with van der Waals surface area (Å²) in [4.78, 5) is 43.4. The molecule has 1 atom stereocenters. The van der Waals surface area contributed by atoms with Gasteiger partial charge in [0.25, 0.3) is 0 Å². The van der Waals surface area contributed by atoms with Gasteiger partial charge in [-0.05, 0) is 73.1 Å². The molecule has 0 aliphatic heterocycles. The van der Waals surface area contributed by atoms with Crippen LogP contribution in [0.15, 0.2) is 48.8 Å². The fourth-order valence-corrected chi connectivity index (χ4v) is 5.24. The molecule has 216 valence electrons. The zero-order valence-electron chi connectivity index (χ0n) is 23.3. The van der Waals surface area contributed by atoms with Crippen LogP contribution in [0.5, 0.6) is 17.6 Å². The SMILES string of the molecule is COc1ncc(-c2ccc3c(Nc4cc(C(=O)O)cc(C5CCCC(=O)C5)c4)c(ONC4CC4)cnc3c2)c(OC)n1. The van der Waals surface area contributed by atoms with Crippen LogP contribution < -0.4 is 25.1 Å². The molecule has 0 radical (unpaired) electrons. The zero-order valence-corrected chi connectivity index (χ0v) is 23.3. The van der Waals surface area contributed by atoms with Gasteiger partial charge >= 0.3 is 12.0 Å². The highest BCUT2D eigenvalue weighted by Crippen LogP contribution is 2.39. The van der Waals surface area contributed by atoms with Crippen LogP contribution >= 0.6 is 0 Å². The molecule has 0 saturated heterocycles. The Morgan fingerprint density at radius 1 is 1.02 bits per heavy atom. The second kappa shape index (κ2) is 11.6. The minimum absolute atomic E-state index is 0.0169. The Morgan fingerprint density at radius 3 is 2.62 bits per heavy atom. The molecule has 2 fully saturated rings. The maximum absolute atomic E-state index is 12.2. The summed E-state index contributed by atoms with van der Waals surface area (Å²) in [7, 11) is 3.02. The third kappa shape index (κ3) is 5.82. The lowest BCUT2D eigenvalue weighted by atomic mass is 9.82. The van der Waals surface area contributed by atoms with Gasteiger partial charge in [-0.15, -0.1) is 0 Å². The molecule has 2 aromatic carbocycles. The van der Waals surface area contributed by atoms with Crippen molar-refractivity contribution in [3.8, 4) is 28.8 Å². The number of hydroxylamine groups is 1. The maximum Gasteiger partial charge on any atom is 0.335 e. The summed E-state index contributed by atoms with van der Waals surface area (Å²) in [6, 6.07) is 11.4. The largest absolute Gasteiger partial charge is 0.480 e. The van der Waals surface area contributed by atoms with E-state index >= 15 is 0 Å². The monoisotopic (exact) mass is 569 g/mol. The lowest BCUT2D eigenvalue weighted by molar-refractivity contribution is -0.120. The number of carbonyl (C=O) groups excluding carboxylic acids is 1. The highest BCUT2D eigenvalue weighted by Gasteiger charge is 2.25. The van der Waals surface area contributed by atoms with Gasteiger partial charge in [0.2, 0.25) is 5.88 Å². The number of fused-ring (bicyclic) bond motifs is 1. The molecule has 42 heavy (non-hydrogen) atoms. The number of carboxylic acid groups (broad SMARTS) is 1. The first-order valence-electron chi connectivity index (χ1n) is 13.9. The Hall–Kier alpha value is -4.77. The summed E-state index contributed by atoms with van der Waals surface area (Å²) in [6.07, 6.45) is 7.97. The Balaban J connectivity index is 1.42. The number of ether oxygens (including phenoxy) is 2. The molecule has 0 amide bonds. The van der Waals surface area contributed by atoms with Crippen molar-refractivity contribution in [2.75, 3.05) is 19.5 Å². The van der Waals surface area contributed by atoms with E-state index in [1.165, 1.54) is 14.2 Å². The number of hydrogen-bond acceptors (Lipinski definition) is 10. The van der Waals surface area contributed by atoms with Gasteiger partial charge in [-0.2, -0.15) is 10.5 Å². The summed E-state index contributed by atoms with van der Waals surface area (Å²) < 4.78 is 10.6. The average Bonchev–Trinajstić information content (AvgIpc) is 3.84. The van der Waals surface area contributed by atoms with Crippen LogP contribution in [-0.2, 0) is 4.79 Å². The van der Waals surface area contributed by atoms with Crippen LogP contribution in [0.1, 0.15) is 60.4 Å². The molecule has 2 aromatic heterocycles. The first kappa shape index (κ1) is 27.4. The molecule has 0 spiro atoms. The molecule has 2 aliphatic rings. The molecule has 11 heteroatoms. The molecule has 1 unspecified atom stereocenters. The van der Waals surface area contributed by atoms with E-state index in [-0.39, 0.29) is 29.3 Å². The Labute approximate surface area is 242 Å². The van der Waals surface area contributed by atoms with Crippen molar-refractivity contribution >= 4 is 34.0 Å². The third-order valence-corrected chi connectivity index (χ3v) is 7.59. The van der Waals surface area contributed by atoms with E-state index in [0.717, 1.165) is 42.2 Å². The van der Waals surface area contributed by atoms with Gasteiger partial charge in [-0.25, -0.2) is 9.78 Å². The molecule has 2 aliphatic carbocycles. The van der Waals surface area contributed by atoms with E-state index < -0.39 is 5.97 Å². The number of pyridine rings is 1. The average molecular weight is 570 g/mol. The standard InChI is InChI=1S/C31H31N5O6/c1-40-29-25(15-33-31(35-29)41-2)18-6-9-24-26(14-18)32-16-27(42-36-21-7-8-21)28(24)34-22-11-19(10-20(12-22)30(38)39)17-4-3-5-23(37)13-17/h6,9-12,14-17,21,36H,3-5,7-8,13H2,1-2H3,(H,32,34)(H,38,39). The number of carbonyl (C=O) groups is 2. The van der Waals surface area contributed by atoms with Crippen molar-refractivity contribution < 1.29 is 29.0 Å². The molecule has 2 heterocycles. The first-order valence-corrected chi connectivity index (χ1v) is 13.9. The number of carboxylic acids is 1. The fourth-order valence-electron chi connectivity index (χ4n) is 5.24.